The molecular formula is C26H20F2N4O3. The van der Waals surface area contributed by atoms with Crippen LogP contribution in [-0.2, 0) is 4.74 Å². The fourth-order valence-corrected chi connectivity index (χ4v) is 3.85. The fourth-order valence-electron chi connectivity index (χ4n) is 3.85. The summed E-state index contributed by atoms with van der Waals surface area (Å²) in [5.74, 6) is -1.44. The molecule has 1 aliphatic rings. The zero-order chi connectivity index (χ0) is 24.4. The Hall–Kier alpha value is -4.24. The normalized spacial score (nSPS) is 13.6. The third kappa shape index (κ3) is 4.99. The van der Waals surface area contributed by atoms with Gasteiger partial charge in [0.05, 0.1) is 30.4 Å². The molecule has 3 aromatic carbocycles. The van der Waals surface area contributed by atoms with Crippen LogP contribution in [0.3, 0.4) is 0 Å². The standard InChI is InChI=1S/C26H20F2N4O3/c27-19-4-1-16(2-5-19)26(34)30-21-12-18(11-20(28)14-21)25(33)17-3-6-22-23(13-17)31-24(15-29-22)32-7-9-35-10-8-32/h1-6,11-15H,7-10H2,(H,30,34). The Morgan fingerprint density at radius 3 is 2.34 bits per heavy atom. The highest BCUT2D eigenvalue weighted by Gasteiger charge is 2.17. The van der Waals surface area contributed by atoms with E-state index in [0.29, 0.717) is 48.7 Å². The first kappa shape index (κ1) is 22.5. The van der Waals surface area contributed by atoms with Crippen LogP contribution in [0.2, 0.25) is 0 Å². The van der Waals surface area contributed by atoms with Gasteiger partial charge in [0.2, 0.25) is 0 Å². The number of ether oxygens (including phenoxy) is 1. The molecule has 1 aromatic heterocycles. The lowest BCUT2D eigenvalue weighted by Crippen LogP contribution is -2.36. The Balaban J connectivity index is 1.40. The number of aromatic nitrogens is 2. The van der Waals surface area contributed by atoms with Gasteiger partial charge in [0.25, 0.3) is 5.91 Å². The van der Waals surface area contributed by atoms with Crippen molar-refractivity contribution < 1.29 is 23.1 Å². The van der Waals surface area contributed by atoms with E-state index in [0.717, 1.165) is 24.3 Å². The Morgan fingerprint density at radius 2 is 1.57 bits per heavy atom. The lowest BCUT2D eigenvalue weighted by molar-refractivity contribution is 0.102. The van der Waals surface area contributed by atoms with E-state index in [2.05, 4.69) is 20.2 Å². The molecule has 0 bridgehead atoms. The summed E-state index contributed by atoms with van der Waals surface area (Å²) in [5, 5.41) is 2.55. The first-order valence-corrected chi connectivity index (χ1v) is 11.0. The SMILES string of the molecule is O=C(Nc1cc(F)cc(C(=O)c2ccc3ncc(N4CCOCC4)nc3c2)c1)c1ccc(F)cc1. The Morgan fingerprint density at radius 1 is 0.829 bits per heavy atom. The van der Waals surface area contributed by atoms with Gasteiger partial charge in [-0.05, 0) is 60.7 Å². The molecule has 0 radical (unpaired) electrons. The number of nitrogens with zero attached hydrogens (tertiary/aromatic N) is 3. The highest BCUT2D eigenvalue weighted by atomic mass is 19.1. The molecule has 176 valence electrons. The number of fused-ring (bicyclic) bond motifs is 1. The quantitative estimate of drug-likeness (QED) is 0.436. The predicted octanol–water partition coefficient (Wildman–Crippen LogP) is 4.23. The third-order valence-corrected chi connectivity index (χ3v) is 5.65. The smallest absolute Gasteiger partial charge is 0.255 e. The van der Waals surface area contributed by atoms with Crippen molar-refractivity contribution in [2.24, 2.45) is 0 Å². The number of morpholine rings is 1. The Kier molecular flexibility index (Phi) is 6.15. The van der Waals surface area contributed by atoms with E-state index in [1.54, 1.807) is 24.4 Å². The number of amides is 1. The number of nitrogens with one attached hydrogen (secondary N) is 1. The highest BCUT2D eigenvalue weighted by molar-refractivity contribution is 6.11. The van der Waals surface area contributed by atoms with Crippen LogP contribution in [0.15, 0.2) is 66.9 Å². The molecule has 35 heavy (non-hydrogen) atoms. The van der Waals surface area contributed by atoms with E-state index in [1.807, 2.05) is 0 Å². The largest absolute Gasteiger partial charge is 0.378 e. The Bertz CT molecular complexity index is 1420. The number of ketones is 1. The van der Waals surface area contributed by atoms with Gasteiger partial charge in [-0.3, -0.25) is 14.6 Å². The molecule has 2 heterocycles. The van der Waals surface area contributed by atoms with Crippen LogP contribution < -0.4 is 10.2 Å². The number of hydrogen-bond acceptors (Lipinski definition) is 6. The monoisotopic (exact) mass is 474 g/mol. The molecule has 1 saturated heterocycles. The van der Waals surface area contributed by atoms with Gasteiger partial charge in [0.15, 0.2) is 5.78 Å². The average molecular weight is 474 g/mol. The summed E-state index contributed by atoms with van der Waals surface area (Å²) < 4.78 is 32.8. The molecule has 0 spiro atoms. The van der Waals surface area contributed by atoms with Crippen molar-refractivity contribution in [1.82, 2.24) is 9.97 Å². The van der Waals surface area contributed by atoms with Gasteiger partial charge in [-0.25, -0.2) is 13.8 Å². The minimum absolute atomic E-state index is 0.0658. The number of carbonyl (C=O) groups is 2. The second-order valence-corrected chi connectivity index (χ2v) is 8.05. The maximum atomic E-state index is 14.3. The van der Waals surface area contributed by atoms with E-state index in [9.17, 15) is 18.4 Å². The second kappa shape index (κ2) is 9.55. The van der Waals surface area contributed by atoms with E-state index in [4.69, 9.17) is 4.74 Å². The van der Waals surface area contributed by atoms with Crippen LogP contribution in [0, 0.1) is 11.6 Å². The van der Waals surface area contributed by atoms with Gasteiger partial charge in [-0.1, -0.05) is 0 Å². The van der Waals surface area contributed by atoms with E-state index >= 15 is 0 Å². The molecule has 1 aliphatic heterocycles. The van der Waals surface area contributed by atoms with Gasteiger partial charge in [-0.15, -0.1) is 0 Å². The van der Waals surface area contributed by atoms with Crippen molar-refractivity contribution in [3.05, 3.63) is 95.2 Å². The molecule has 9 heteroatoms. The van der Waals surface area contributed by atoms with Crippen molar-refractivity contribution in [1.29, 1.82) is 0 Å². The first-order valence-electron chi connectivity index (χ1n) is 11.0. The molecular weight excluding hydrogens is 454 g/mol. The topological polar surface area (TPSA) is 84.4 Å². The minimum atomic E-state index is -0.680. The molecule has 0 atom stereocenters. The molecule has 0 saturated carbocycles. The number of benzene rings is 3. The van der Waals surface area contributed by atoms with Crippen LogP contribution in [0.4, 0.5) is 20.3 Å². The van der Waals surface area contributed by atoms with Crippen molar-refractivity contribution in [3.8, 4) is 0 Å². The molecule has 7 nitrogen and oxygen atoms in total. The number of carbonyl (C=O) groups excluding carboxylic acids is 2. The van der Waals surface area contributed by atoms with E-state index in [1.165, 1.54) is 18.2 Å². The van der Waals surface area contributed by atoms with Crippen molar-refractivity contribution in [3.63, 3.8) is 0 Å². The maximum absolute atomic E-state index is 14.3. The van der Waals surface area contributed by atoms with Crippen LogP contribution in [0.5, 0.6) is 0 Å². The van der Waals surface area contributed by atoms with E-state index in [-0.39, 0.29) is 16.8 Å². The summed E-state index contributed by atoms with van der Waals surface area (Å²) in [6.07, 6.45) is 1.69. The minimum Gasteiger partial charge on any atom is -0.378 e. The zero-order valence-electron chi connectivity index (χ0n) is 18.5. The van der Waals surface area contributed by atoms with Crippen LogP contribution >= 0.6 is 0 Å². The molecule has 5 rings (SSSR count). The van der Waals surface area contributed by atoms with Gasteiger partial charge >= 0.3 is 0 Å². The fraction of sp³-hybridized carbons (Fsp3) is 0.154. The average Bonchev–Trinajstić information content (AvgIpc) is 2.88. The summed E-state index contributed by atoms with van der Waals surface area (Å²) in [4.78, 5) is 36.8. The molecule has 0 unspecified atom stereocenters. The van der Waals surface area contributed by atoms with Gasteiger partial charge in [0.1, 0.15) is 17.5 Å². The predicted molar refractivity (Wildman–Crippen MR) is 127 cm³/mol. The summed E-state index contributed by atoms with van der Waals surface area (Å²) in [6.45, 7) is 2.62. The van der Waals surface area contributed by atoms with E-state index < -0.39 is 23.3 Å². The molecule has 4 aromatic rings. The van der Waals surface area contributed by atoms with Crippen molar-refractivity contribution in [2.45, 2.75) is 0 Å². The van der Waals surface area contributed by atoms with Gasteiger partial charge < -0.3 is 15.0 Å². The Labute approximate surface area is 199 Å². The highest BCUT2D eigenvalue weighted by Crippen LogP contribution is 2.22. The van der Waals surface area contributed by atoms with Crippen molar-refractivity contribution >= 4 is 34.2 Å². The second-order valence-electron chi connectivity index (χ2n) is 8.05. The number of rotatable bonds is 5. The molecule has 1 N–H and O–H groups in total. The number of hydrogen-bond donors (Lipinski definition) is 1. The van der Waals surface area contributed by atoms with Crippen LogP contribution in [-0.4, -0.2) is 48.0 Å². The summed E-state index contributed by atoms with van der Waals surface area (Å²) in [5.41, 5.74) is 1.86. The third-order valence-electron chi connectivity index (χ3n) is 5.65. The van der Waals surface area contributed by atoms with Crippen molar-refractivity contribution in [2.75, 3.05) is 36.5 Å². The van der Waals surface area contributed by atoms with Crippen LogP contribution in [0.1, 0.15) is 26.3 Å². The molecule has 1 fully saturated rings. The lowest BCUT2D eigenvalue weighted by Gasteiger charge is -2.27. The summed E-state index contributed by atoms with van der Waals surface area (Å²) in [7, 11) is 0. The maximum Gasteiger partial charge on any atom is 0.255 e. The summed E-state index contributed by atoms with van der Waals surface area (Å²) >= 11 is 0. The number of anilines is 2. The molecule has 0 aliphatic carbocycles. The zero-order valence-corrected chi connectivity index (χ0v) is 18.5. The first-order chi connectivity index (χ1) is 17.0. The number of halogens is 2. The van der Waals surface area contributed by atoms with Crippen LogP contribution in [0.25, 0.3) is 11.0 Å². The van der Waals surface area contributed by atoms with Gasteiger partial charge in [-0.2, -0.15) is 0 Å². The summed E-state index contributed by atoms with van der Waals surface area (Å²) in [6, 6.07) is 13.5. The lowest BCUT2D eigenvalue weighted by atomic mass is 10.0. The van der Waals surface area contributed by atoms with Gasteiger partial charge in [0, 0.05) is 35.5 Å². The molecule has 1 amide bonds.